The first-order valence-corrected chi connectivity index (χ1v) is 5.61. The van der Waals surface area contributed by atoms with Gasteiger partial charge in [-0.05, 0) is 27.7 Å². The Balaban J connectivity index is 4.63. The third-order valence-electron chi connectivity index (χ3n) is 2.31. The summed E-state index contributed by atoms with van der Waals surface area (Å²) in [6.07, 6.45) is 1.56. The number of carboxylic acid groups (broad SMARTS) is 1. The molecule has 0 aromatic rings. The van der Waals surface area contributed by atoms with Gasteiger partial charge in [-0.2, -0.15) is 0 Å². The quantitative estimate of drug-likeness (QED) is 0.723. The van der Waals surface area contributed by atoms with E-state index in [2.05, 4.69) is 11.9 Å². The third kappa shape index (κ3) is 5.94. The first kappa shape index (κ1) is 15.5. The molecule has 0 aromatic heterocycles. The van der Waals surface area contributed by atoms with Crippen LogP contribution in [0.2, 0.25) is 0 Å². The molecule has 0 spiro atoms. The number of urea groups is 1. The van der Waals surface area contributed by atoms with E-state index in [0.717, 1.165) is 0 Å². The molecule has 98 valence electrons. The van der Waals surface area contributed by atoms with Crippen molar-refractivity contribution in [2.75, 3.05) is 6.54 Å². The molecule has 0 aliphatic heterocycles. The minimum atomic E-state index is -0.913. The second-order valence-electron chi connectivity index (χ2n) is 4.94. The average Bonchev–Trinajstić information content (AvgIpc) is 2.14. The van der Waals surface area contributed by atoms with E-state index in [4.69, 9.17) is 5.11 Å². The zero-order valence-electron chi connectivity index (χ0n) is 11.0. The summed E-state index contributed by atoms with van der Waals surface area (Å²) in [6, 6.07) is -0.414. The van der Waals surface area contributed by atoms with Crippen LogP contribution in [-0.4, -0.2) is 40.1 Å². The molecule has 0 fully saturated rings. The maximum atomic E-state index is 11.9. The van der Waals surface area contributed by atoms with Crippen molar-refractivity contribution in [1.82, 2.24) is 10.2 Å². The molecule has 0 bridgehead atoms. The highest BCUT2D eigenvalue weighted by molar-refractivity contribution is 5.76. The van der Waals surface area contributed by atoms with Crippen LogP contribution in [0.3, 0.4) is 0 Å². The Hall–Kier alpha value is -1.52. The van der Waals surface area contributed by atoms with E-state index >= 15 is 0 Å². The van der Waals surface area contributed by atoms with E-state index in [-0.39, 0.29) is 25.0 Å². The van der Waals surface area contributed by atoms with E-state index < -0.39 is 11.5 Å². The van der Waals surface area contributed by atoms with Crippen molar-refractivity contribution in [3.05, 3.63) is 12.7 Å². The number of aliphatic carboxylic acids is 1. The predicted molar refractivity (Wildman–Crippen MR) is 66.9 cm³/mol. The predicted octanol–water partition coefficient (Wildman–Crippen LogP) is 1.85. The molecule has 0 saturated carbocycles. The molecule has 5 nitrogen and oxygen atoms in total. The van der Waals surface area contributed by atoms with Gasteiger partial charge in [0, 0.05) is 18.1 Å². The molecule has 1 atom stereocenters. The van der Waals surface area contributed by atoms with Gasteiger partial charge in [-0.25, -0.2) is 4.79 Å². The van der Waals surface area contributed by atoms with E-state index in [0.29, 0.717) is 0 Å². The lowest BCUT2D eigenvalue weighted by Crippen LogP contribution is -2.52. The van der Waals surface area contributed by atoms with Gasteiger partial charge < -0.3 is 15.3 Å². The third-order valence-corrected chi connectivity index (χ3v) is 2.31. The van der Waals surface area contributed by atoms with Gasteiger partial charge in [0.25, 0.3) is 0 Å². The Labute approximate surface area is 102 Å². The number of amides is 2. The van der Waals surface area contributed by atoms with Crippen molar-refractivity contribution < 1.29 is 14.7 Å². The van der Waals surface area contributed by atoms with Gasteiger partial charge in [-0.1, -0.05) is 6.08 Å². The minimum absolute atomic E-state index is 0.0623. The maximum absolute atomic E-state index is 11.9. The maximum Gasteiger partial charge on any atom is 0.318 e. The number of hydrogen-bond acceptors (Lipinski definition) is 2. The van der Waals surface area contributed by atoms with Gasteiger partial charge in [0.1, 0.15) is 0 Å². The van der Waals surface area contributed by atoms with Gasteiger partial charge in [0.2, 0.25) is 0 Å². The molecule has 1 unspecified atom stereocenters. The number of nitrogens with one attached hydrogen (secondary N) is 1. The number of rotatable bonds is 5. The van der Waals surface area contributed by atoms with E-state index in [1.54, 1.807) is 6.08 Å². The molecule has 0 radical (unpaired) electrons. The summed E-state index contributed by atoms with van der Waals surface area (Å²) in [7, 11) is 0. The molecule has 0 aliphatic rings. The van der Waals surface area contributed by atoms with Crippen molar-refractivity contribution in [1.29, 1.82) is 0 Å². The molecule has 0 aromatic carbocycles. The Bertz CT molecular complexity index is 295. The normalized spacial score (nSPS) is 12.7. The van der Waals surface area contributed by atoms with E-state index in [1.165, 1.54) is 4.90 Å². The van der Waals surface area contributed by atoms with Crippen LogP contribution < -0.4 is 5.32 Å². The Morgan fingerprint density at radius 3 is 2.35 bits per heavy atom. The van der Waals surface area contributed by atoms with Crippen molar-refractivity contribution in [2.24, 2.45) is 0 Å². The van der Waals surface area contributed by atoms with Crippen LogP contribution in [0.15, 0.2) is 12.7 Å². The first-order valence-electron chi connectivity index (χ1n) is 5.61. The van der Waals surface area contributed by atoms with Crippen molar-refractivity contribution >= 4 is 12.0 Å². The fourth-order valence-electron chi connectivity index (χ4n) is 1.28. The molecular weight excluding hydrogens is 220 g/mol. The largest absolute Gasteiger partial charge is 0.481 e. The number of nitrogens with zero attached hydrogens (tertiary/aromatic N) is 1. The van der Waals surface area contributed by atoms with Crippen LogP contribution in [-0.2, 0) is 4.79 Å². The second-order valence-corrected chi connectivity index (χ2v) is 4.94. The molecule has 0 rings (SSSR count). The van der Waals surface area contributed by atoms with Crippen LogP contribution >= 0.6 is 0 Å². The van der Waals surface area contributed by atoms with E-state index in [1.807, 2.05) is 27.7 Å². The van der Waals surface area contributed by atoms with Gasteiger partial charge >= 0.3 is 12.0 Å². The summed E-state index contributed by atoms with van der Waals surface area (Å²) >= 11 is 0. The summed E-state index contributed by atoms with van der Waals surface area (Å²) in [4.78, 5) is 24.0. The summed E-state index contributed by atoms with van der Waals surface area (Å²) in [5, 5.41) is 11.4. The highest BCUT2D eigenvalue weighted by Gasteiger charge is 2.27. The fraction of sp³-hybridized carbons (Fsp3) is 0.667. The summed E-state index contributed by atoms with van der Waals surface area (Å²) in [5.74, 6) is -0.913. The van der Waals surface area contributed by atoms with Crippen molar-refractivity contribution in [3.8, 4) is 0 Å². The van der Waals surface area contributed by atoms with Crippen LogP contribution in [0.4, 0.5) is 4.79 Å². The zero-order chi connectivity index (χ0) is 13.6. The minimum Gasteiger partial charge on any atom is -0.481 e. The number of carbonyl (C=O) groups excluding carboxylic acids is 1. The summed E-state index contributed by atoms with van der Waals surface area (Å²) in [5.41, 5.74) is -0.416. The van der Waals surface area contributed by atoms with Crippen molar-refractivity contribution in [2.45, 2.75) is 45.7 Å². The highest BCUT2D eigenvalue weighted by Crippen LogP contribution is 2.14. The topological polar surface area (TPSA) is 69.6 Å². The number of hydrogen-bond donors (Lipinski definition) is 2. The highest BCUT2D eigenvalue weighted by atomic mass is 16.4. The summed E-state index contributed by atoms with van der Waals surface area (Å²) in [6.45, 7) is 11.2. The Kier molecular flexibility index (Phi) is 5.71. The monoisotopic (exact) mass is 242 g/mol. The molecular formula is C12H22N2O3. The standard InChI is InChI=1S/C12H22N2O3/c1-6-9(2)13-11(17)14(12(3,4)5)8-7-10(15)16/h6,9H,1,7-8H2,2-5H3,(H,13,17)(H,15,16). The Morgan fingerprint density at radius 1 is 1.47 bits per heavy atom. The molecule has 5 heteroatoms. The molecule has 0 aliphatic carbocycles. The molecule has 0 heterocycles. The number of carbonyl (C=O) groups is 2. The van der Waals surface area contributed by atoms with Crippen molar-refractivity contribution in [3.63, 3.8) is 0 Å². The summed E-state index contributed by atoms with van der Waals surface area (Å²) < 4.78 is 0. The van der Waals surface area contributed by atoms with Crippen LogP contribution in [0.5, 0.6) is 0 Å². The van der Waals surface area contributed by atoms with Gasteiger partial charge in [-0.3, -0.25) is 4.79 Å². The molecule has 0 saturated heterocycles. The van der Waals surface area contributed by atoms with Crippen LogP contribution in [0, 0.1) is 0 Å². The lowest BCUT2D eigenvalue weighted by molar-refractivity contribution is -0.137. The van der Waals surface area contributed by atoms with Gasteiger partial charge in [-0.15, -0.1) is 6.58 Å². The Morgan fingerprint density at radius 2 is 2.00 bits per heavy atom. The first-order chi connectivity index (χ1) is 7.68. The lowest BCUT2D eigenvalue weighted by Gasteiger charge is -2.36. The lowest BCUT2D eigenvalue weighted by atomic mass is 10.1. The second kappa shape index (κ2) is 6.27. The van der Waals surface area contributed by atoms with Crippen LogP contribution in [0.25, 0.3) is 0 Å². The number of carboxylic acids is 1. The zero-order valence-corrected chi connectivity index (χ0v) is 11.0. The van der Waals surface area contributed by atoms with E-state index in [9.17, 15) is 9.59 Å². The van der Waals surface area contributed by atoms with Gasteiger partial charge in [0.05, 0.1) is 6.42 Å². The molecule has 2 amide bonds. The van der Waals surface area contributed by atoms with Crippen LogP contribution in [0.1, 0.15) is 34.1 Å². The SMILES string of the molecule is C=CC(C)NC(=O)N(CCC(=O)O)C(C)(C)C. The molecule has 2 N–H and O–H groups in total. The fourth-order valence-corrected chi connectivity index (χ4v) is 1.28. The smallest absolute Gasteiger partial charge is 0.318 e. The average molecular weight is 242 g/mol. The van der Waals surface area contributed by atoms with Gasteiger partial charge in [0.15, 0.2) is 0 Å². The molecule has 17 heavy (non-hydrogen) atoms.